The van der Waals surface area contributed by atoms with Gasteiger partial charge in [0.25, 0.3) is 0 Å². The van der Waals surface area contributed by atoms with E-state index in [0.717, 1.165) is 19.5 Å². The maximum absolute atomic E-state index is 11.6. The third-order valence-corrected chi connectivity index (χ3v) is 2.12. The van der Waals surface area contributed by atoms with Gasteiger partial charge in [-0.2, -0.15) is 0 Å². The summed E-state index contributed by atoms with van der Waals surface area (Å²) in [6, 6.07) is 0. The highest BCUT2D eigenvalue weighted by Crippen LogP contribution is 1.98. The molecule has 0 aromatic carbocycles. The molecular weight excluding hydrogens is 190 g/mol. The molecule has 0 fully saturated rings. The van der Waals surface area contributed by atoms with Gasteiger partial charge in [0.15, 0.2) is 0 Å². The van der Waals surface area contributed by atoms with Crippen molar-refractivity contribution in [1.82, 2.24) is 15.5 Å². The molecule has 0 atom stereocenters. The summed E-state index contributed by atoms with van der Waals surface area (Å²) in [4.78, 5) is 13.4. The van der Waals surface area contributed by atoms with E-state index in [0.29, 0.717) is 6.54 Å². The zero-order chi connectivity index (χ0) is 11.9. The van der Waals surface area contributed by atoms with Crippen molar-refractivity contribution in [3.63, 3.8) is 0 Å². The Bertz CT molecular complexity index is 187. The second-order valence-electron chi connectivity index (χ2n) is 4.88. The SMILES string of the molecule is CNCCCN(C)C(=O)CNC(C)(C)C. The number of amides is 1. The lowest BCUT2D eigenvalue weighted by atomic mass is 10.1. The van der Waals surface area contributed by atoms with Crippen LogP contribution in [0.15, 0.2) is 0 Å². The second-order valence-corrected chi connectivity index (χ2v) is 4.88. The molecule has 4 heteroatoms. The molecular formula is C11H25N3O. The van der Waals surface area contributed by atoms with Crippen LogP contribution in [0.1, 0.15) is 27.2 Å². The number of carbonyl (C=O) groups excluding carboxylic acids is 1. The third kappa shape index (κ3) is 8.39. The molecule has 0 radical (unpaired) electrons. The summed E-state index contributed by atoms with van der Waals surface area (Å²) in [7, 11) is 3.77. The largest absolute Gasteiger partial charge is 0.345 e. The Morgan fingerprint density at radius 3 is 2.40 bits per heavy atom. The normalized spacial score (nSPS) is 11.5. The van der Waals surface area contributed by atoms with Crippen molar-refractivity contribution in [2.24, 2.45) is 0 Å². The molecule has 0 aromatic heterocycles. The average molecular weight is 215 g/mol. The van der Waals surface area contributed by atoms with Crippen LogP contribution in [0.25, 0.3) is 0 Å². The molecule has 0 aliphatic heterocycles. The molecule has 0 spiro atoms. The van der Waals surface area contributed by atoms with Crippen LogP contribution < -0.4 is 10.6 Å². The van der Waals surface area contributed by atoms with Crippen molar-refractivity contribution in [2.75, 3.05) is 33.7 Å². The van der Waals surface area contributed by atoms with E-state index < -0.39 is 0 Å². The molecule has 0 unspecified atom stereocenters. The highest BCUT2D eigenvalue weighted by Gasteiger charge is 2.13. The van der Waals surface area contributed by atoms with E-state index in [1.54, 1.807) is 4.90 Å². The number of hydrogen-bond acceptors (Lipinski definition) is 3. The fourth-order valence-electron chi connectivity index (χ4n) is 1.09. The Morgan fingerprint density at radius 2 is 1.93 bits per heavy atom. The smallest absolute Gasteiger partial charge is 0.236 e. The fourth-order valence-corrected chi connectivity index (χ4v) is 1.09. The minimum absolute atomic E-state index is 0.00146. The van der Waals surface area contributed by atoms with Crippen molar-refractivity contribution in [3.05, 3.63) is 0 Å². The molecule has 0 aliphatic rings. The van der Waals surface area contributed by atoms with Crippen molar-refractivity contribution in [1.29, 1.82) is 0 Å². The Kier molecular flexibility index (Phi) is 6.52. The molecule has 90 valence electrons. The van der Waals surface area contributed by atoms with Crippen LogP contribution in [0.4, 0.5) is 0 Å². The van der Waals surface area contributed by atoms with Gasteiger partial charge in [0.05, 0.1) is 6.54 Å². The quantitative estimate of drug-likeness (QED) is 0.632. The summed E-state index contributed by atoms with van der Waals surface area (Å²) in [5.74, 6) is 0.154. The predicted octanol–water partition coefficient (Wildman–Crippen LogP) is 0.442. The predicted molar refractivity (Wildman–Crippen MR) is 63.9 cm³/mol. The van der Waals surface area contributed by atoms with Crippen LogP contribution in [0.5, 0.6) is 0 Å². The summed E-state index contributed by atoms with van der Waals surface area (Å²) in [6.07, 6.45) is 0.994. The lowest BCUT2D eigenvalue weighted by Gasteiger charge is -2.23. The number of likely N-dealkylation sites (N-methyl/N-ethyl adjacent to an activating group) is 1. The van der Waals surface area contributed by atoms with E-state index in [1.807, 2.05) is 14.1 Å². The molecule has 15 heavy (non-hydrogen) atoms. The number of nitrogens with zero attached hydrogens (tertiary/aromatic N) is 1. The summed E-state index contributed by atoms with van der Waals surface area (Å²) in [6.45, 7) is 8.35. The lowest BCUT2D eigenvalue weighted by molar-refractivity contribution is -0.129. The second kappa shape index (κ2) is 6.80. The molecule has 0 rings (SSSR count). The summed E-state index contributed by atoms with van der Waals surface area (Å²) in [5.41, 5.74) is 0.00146. The highest BCUT2D eigenvalue weighted by atomic mass is 16.2. The zero-order valence-electron chi connectivity index (χ0n) is 10.7. The van der Waals surface area contributed by atoms with Gasteiger partial charge in [-0.15, -0.1) is 0 Å². The third-order valence-electron chi connectivity index (χ3n) is 2.12. The minimum atomic E-state index is 0.00146. The molecule has 0 saturated heterocycles. The van der Waals surface area contributed by atoms with E-state index in [-0.39, 0.29) is 11.4 Å². The van der Waals surface area contributed by atoms with E-state index >= 15 is 0 Å². The van der Waals surface area contributed by atoms with Gasteiger partial charge >= 0.3 is 0 Å². The van der Waals surface area contributed by atoms with Crippen LogP contribution in [-0.2, 0) is 4.79 Å². The molecule has 2 N–H and O–H groups in total. The molecule has 0 bridgehead atoms. The lowest BCUT2D eigenvalue weighted by Crippen LogP contribution is -2.44. The Balaban J connectivity index is 3.70. The molecule has 0 aromatic rings. The molecule has 1 amide bonds. The first kappa shape index (κ1) is 14.4. The maximum atomic E-state index is 11.6. The molecule has 0 heterocycles. The van der Waals surface area contributed by atoms with E-state index in [9.17, 15) is 4.79 Å². The average Bonchev–Trinajstić information content (AvgIpc) is 2.13. The zero-order valence-corrected chi connectivity index (χ0v) is 10.7. The maximum Gasteiger partial charge on any atom is 0.236 e. The van der Waals surface area contributed by atoms with Crippen molar-refractivity contribution < 1.29 is 4.79 Å². The van der Waals surface area contributed by atoms with Crippen LogP contribution in [0, 0.1) is 0 Å². The van der Waals surface area contributed by atoms with E-state index in [4.69, 9.17) is 0 Å². The van der Waals surface area contributed by atoms with Gasteiger partial charge in [-0.3, -0.25) is 4.79 Å². The van der Waals surface area contributed by atoms with Gasteiger partial charge in [-0.1, -0.05) is 0 Å². The number of nitrogens with one attached hydrogen (secondary N) is 2. The van der Waals surface area contributed by atoms with Gasteiger partial charge in [0.1, 0.15) is 0 Å². The van der Waals surface area contributed by atoms with Gasteiger partial charge in [-0.05, 0) is 40.8 Å². The van der Waals surface area contributed by atoms with Crippen LogP contribution in [0.2, 0.25) is 0 Å². The van der Waals surface area contributed by atoms with Gasteiger partial charge in [-0.25, -0.2) is 0 Å². The monoisotopic (exact) mass is 215 g/mol. The molecule has 0 aliphatic carbocycles. The standard InChI is InChI=1S/C11H25N3O/c1-11(2,3)13-9-10(15)14(5)8-6-7-12-4/h12-13H,6-9H2,1-5H3. The first-order chi connectivity index (χ1) is 6.87. The summed E-state index contributed by atoms with van der Waals surface area (Å²) < 4.78 is 0. The summed E-state index contributed by atoms with van der Waals surface area (Å²) in [5, 5.41) is 6.25. The highest BCUT2D eigenvalue weighted by molar-refractivity contribution is 5.78. The Morgan fingerprint density at radius 1 is 1.33 bits per heavy atom. The first-order valence-electron chi connectivity index (χ1n) is 5.50. The van der Waals surface area contributed by atoms with Gasteiger partial charge in [0.2, 0.25) is 5.91 Å². The summed E-state index contributed by atoms with van der Waals surface area (Å²) >= 11 is 0. The van der Waals surface area contributed by atoms with Crippen molar-refractivity contribution >= 4 is 5.91 Å². The van der Waals surface area contributed by atoms with Crippen LogP contribution >= 0.6 is 0 Å². The Labute approximate surface area is 93.4 Å². The topological polar surface area (TPSA) is 44.4 Å². The minimum Gasteiger partial charge on any atom is -0.345 e. The molecule has 0 saturated carbocycles. The van der Waals surface area contributed by atoms with E-state index in [2.05, 4.69) is 31.4 Å². The first-order valence-corrected chi connectivity index (χ1v) is 5.50. The van der Waals surface area contributed by atoms with Crippen LogP contribution in [-0.4, -0.2) is 50.1 Å². The molecule has 4 nitrogen and oxygen atoms in total. The van der Waals surface area contributed by atoms with Gasteiger partial charge in [0, 0.05) is 19.1 Å². The van der Waals surface area contributed by atoms with E-state index in [1.165, 1.54) is 0 Å². The number of rotatable bonds is 6. The van der Waals surface area contributed by atoms with Crippen LogP contribution in [0.3, 0.4) is 0 Å². The number of hydrogen-bond donors (Lipinski definition) is 2. The van der Waals surface area contributed by atoms with Gasteiger partial charge < -0.3 is 15.5 Å². The van der Waals surface area contributed by atoms with Crippen molar-refractivity contribution in [2.45, 2.75) is 32.7 Å². The Hall–Kier alpha value is -0.610. The number of carbonyl (C=O) groups is 1. The fraction of sp³-hybridized carbons (Fsp3) is 0.909. The van der Waals surface area contributed by atoms with Crippen molar-refractivity contribution in [3.8, 4) is 0 Å².